The molecule has 2 unspecified atom stereocenters. The quantitative estimate of drug-likeness (QED) is 0.351. The molecular formula is C26H29NO5S. The van der Waals surface area contributed by atoms with Gasteiger partial charge in [0.1, 0.15) is 10.6 Å². The Hall–Kier alpha value is -3.16. The first-order valence-electron chi connectivity index (χ1n) is 10.8. The number of ether oxygens (including phenoxy) is 1. The molecule has 2 atom stereocenters. The predicted molar refractivity (Wildman–Crippen MR) is 128 cm³/mol. The molecule has 0 aliphatic carbocycles. The average molecular weight is 468 g/mol. The lowest BCUT2D eigenvalue weighted by atomic mass is 9.85. The van der Waals surface area contributed by atoms with Crippen molar-refractivity contribution in [3.63, 3.8) is 0 Å². The zero-order valence-electron chi connectivity index (χ0n) is 18.8. The van der Waals surface area contributed by atoms with Gasteiger partial charge in [0.25, 0.3) is 0 Å². The van der Waals surface area contributed by atoms with Crippen molar-refractivity contribution in [2.45, 2.75) is 43.5 Å². The molecule has 33 heavy (non-hydrogen) atoms. The summed E-state index contributed by atoms with van der Waals surface area (Å²) in [6.07, 6.45) is 0.633. The lowest BCUT2D eigenvalue weighted by Crippen LogP contribution is -2.32. The number of carbonyl (C=O) groups excluding carboxylic acids is 1. The Bertz CT molecular complexity index is 1160. The molecule has 0 spiro atoms. The Morgan fingerprint density at radius 3 is 2.33 bits per heavy atom. The van der Waals surface area contributed by atoms with E-state index in [0.29, 0.717) is 12.0 Å². The van der Waals surface area contributed by atoms with Crippen LogP contribution in [0.25, 0.3) is 0 Å². The maximum Gasteiger partial charge on any atom is 0.339 e. The van der Waals surface area contributed by atoms with E-state index in [4.69, 9.17) is 14.7 Å². The van der Waals surface area contributed by atoms with Crippen molar-refractivity contribution in [3.05, 3.63) is 95.6 Å². The van der Waals surface area contributed by atoms with Crippen molar-refractivity contribution in [1.29, 1.82) is 0 Å². The highest BCUT2D eigenvalue weighted by Crippen LogP contribution is 2.29. The van der Waals surface area contributed by atoms with Crippen molar-refractivity contribution >= 4 is 16.1 Å². The summed E-state index contributed by atoms with van der Waals surface area (Å²) in [5, 5.41) is 0. The lowest BCUT2D eigenvalue weighted by molar-refractivity contribution is -0.143. The summed E-state index contributed by atoms with van der Waals surface area (Å²) in [5.74, 6) is -0.576. The Kier molecular flexibility index (Phi) is 8.25. The van der Waals surface area contributed by atoms with Gasteiger partial charge in [-0.05, 0) is 55.7 Å². The average Bonchev–Trinajstić information content (AvgIpc) is 2.78. The van der Waals surface area contributed by atoms with Gasteiger partial charge in [-0.2, -0.15) is 8.42 Å². The van der Waals surface area contributed by atoms with Crippen LogP contribution in [0, 0.1) is 6.92 Å². The van der Waals surface area contributed by atoms with E-state index >= 15 is 0 Å². The molecule has 0 aliphatic heterocycles. The third kappa shape index (κ3) is 6.91. The molecule has 6 nitrogen and oxygen atoms in total. The highest BCUT2D eigenvalue weighted by atomic mass is 32.2. The van der Waals surface area contributed by atoms with Gasteiger partial charge in [-0.25, -0.2) is 0 Å². The number of hydrogen-bond acceptors (Lipinski definition) is 6. The zero-order chi connectivity index (χ0) is 23.8. The van der Waals surface area contributed by atoms with Crippen LogP contribution in [0.3, 0.4) is 0 Å². The van der Waals surface area contributed by atoms with E-state index < -0.39 is 10.1 Å². The molecular weight excluding hydrogens is 438 g/mol. The topological polar surface area (TPSA) is 95.7 Å². The maximum absolute atomic E-state index is 12.7. The number of carbonyl (C=O) groups is 1. The van der Waals surface area contributed by atoms with E-state index in [1.54, 1.807) is 37.3 Å². The number of hydrogen-bond donors (Lipinski definition) is 1. The van der Waals surface area contributed by atoms with Crippen LogP contribution in [-0.2, 0) is 26.1 Å². The van der Waals surface area contributed by atoms with Crippen molar-refractivity contribution in [2.75, 3.05) is 6.61 Å². The van der Waals surface area contributed by atoms with E-state index in [1.807, 2.05) is 43.3 Å². The Balaban J connectivity index is 1.86. The molecule has 7 heteroatoms. The van der Waals surface area contributed by atoms with Crippen LogP contribution in [0.1, 0.15) is 36.0 Å². The Labute approximate surface area is 195 Å². The SMILES string of the molecule is CCOC(=O)CC(c1cccc(OS(=O)(=O)c2ccc(C)cc2)c1)C(N)Cc1ccccc1. The second-order valence-electron chi connectivity index (χ2n) is 7.89. The molecule has 0 radical (unpaired) electrons. The first kappa shape index (κ1) is 24.5. The van der Waals surface area contributed by atoms with Gasteiger partial charge in [-0.3, -0.25) is 4.79 Å². The summed E-state index contributed by atoms with van der Waals surface area (Å²) in [6, 6.07) is 22.5. The minimum absolute atomic E-state index is 0.0716. The van der Waals surface area contributed by atoms with Gasteiger partial charge in [0.05, 0.1) is 13.0 Å². The summed E-state index contributed by atoms with van der Waals surface area (Å²) in [7, 11) is -4.00. The van der Waals surface area contributed by atoms with E-state index in [2.05, 4.69) is 0 Å². The van der Waals surface area contributed by atoms with Crippen molar-refractivity contribution in [3.8, 4) is 5.75 Å². The Morgan fingerprint density at radius 1 is 0.970 bits per heavy atom. The number of nitrogens with two attached hydrogens (primary N) is 1. The molecule has 0 heterocycles. The molecule has 3 rings (SSSR count). The third-order valence-electron chi connectivity index (χ3n) is 5.32. The normalized spacial score (nSPS) is 13.2. The van der Waals surface area contributed by atoms with Gasteiger partial charge in [0, 0.05) is 12.0 Å². The molecule has 0 aliphatic rings. The third-order valence-corrected chi connectivity index (χ3v) is 6.59. The zero-order valence-corrected chi connectivity index (χ0v) is 19.6. The van der Waals surface area contributed by atoms with Crippen molar-refractivity contribution in [2.24, 2.45) is 5.73 Å². The molecule has 3 aromatic rings. The van der Waals surface area contributed by atoms with Crippen LogP contribution >= 0.6 is 0 Å². The van der Waals surface area contributed by atoms with Crippen LogP contribution in [0.2, 0.25) is 0 Å². The second-order valence-corrected chi connectivity index (χ2v) is 9.44. The van der Waals surface area contributed by atoms with E-state index in [0.717, 1.165) is 11.1 Å². The molecule has 0 saturated heterocycles. The van der Waals surface area contributed by atoms with Crippen LogP contribution in [0.4, 0.5) is 0 Å². The highest BCUT2D eigenvalue weighted by Gasteiger charge is 2.25. The summed E-state index contributed by atoms with van der Waals surface area (Å²) in [5.41, 5.74) is 9.25. The fourth-order valence-electron chi connectivity index (χ4n) is 3.62. The van der Waals surface area contributed by atoms with Gasteiger partial charge in [0.2, 0.25) is 0 Å². The summed E-state index contributed by atoms with van der Waals surface area (Å²) in [6.45, 7) is 3.90. The second kappa shape index (κ2) is 11.1. The standard InChI is InChI=1S/C26H29NO5S/c1-3-31-26(28)18-24(25(27)16-20-8-5-4-6-9-20)21-10-7-11-22(17-21)32-33(29,30)23-14-12-19(2)13-15-23/h4-15,17,24-25H,3,16,18,27H2,1-2H3. The fraction of sp³-hybridized carbons (Fsp3) is 0.269. The van der Waals surface area contributed by atoms with Gasteiger partial charge in [-0.15, -0.1) is 0 Å². The summed E-state index contributed by atoms with van der Waals surface area (Å²) < 4.78 is 36.0. The summed E-state index contributed by atoms with van der Waals surface area (Å²) in [4.78, 5) is 12.4. The van der Waals surface area contributed by atoms with Crippen LogP contribution in [0.15, 0.2) is 83.8 Å². The van der Waals surface area contributed by atoms with E-state index in [-0.39, 0.29) is 41.6 Å². The molecule has 0 saturated carbocycles. The highest BCUT2D eigenvalue weighted by molar-refractivity contribution is 7.87. The molecule has 0 bridgehead atoms. The largest absolute Gasteiger partial charge is 0.466 e. The number of esters is 1. The molecule has 3 aromatic carbocycles. The number of aryl methyl sites for hydroxylation is 1. The smallest absolute Gasteiger partial charge is 0.339 e. The monoisotopic (exact) mass is 467 g/mol. The molecule has 2 N–H and O–H groups in total. The number of benzene rings is 3. The van der Waals surface area contributed by atoms with E-state index in [9.17, 15) is 13.2 Å². The van der Waals surface area contributed by atoms with Crippen LogP contribution in [-0.4, -0.2) is 27.0 Å². The number of rotatable bonds is 10. The minimum atomic E-state index is -4.00. The molecule has 0 aromatic heterocycles. The van der Waals surface area contributed by atoms with Gasteiger partial charge < -0.3 is 14.7 Å². The first-order valence-corrected chi connectivity index (χ1v) is 12.3. The van der Waals surface area contributed by atoms with E-state index in [1.165, 1.54) is 12.1 Å². The maximum atomic E-state index is 12.7. The van der Waals surface area contributed by atoms with Gasteiger partial charge in [0.15, 0.2) is 0 Å². The van der Waals surface area contributed by atoms with Crippen molar-refractivity contribution in [1.82, 2.24) is 0 Å². The lowest BCUT2D eigenvalue weighted by Gasteiger charge is -2.24. The van der Waals surface area contributed by atoms with Crippen molar-refractivity contribution < 1.29 is 22.1 Å². The molecule has 0 fully saturated rings. The van der Waals surface area contributed by atoms with Gasteiger partial charge in [-0.1, -0.05) is 60.2 Å². The summed E-state index contributed by atoms with van der Waals surface area (Å²) >= 11 is 0. The predicted octanol–water partition coefficient (Wildman–Crippen LogP) is 4.37. The van der Waals surface area contributed by atoms with Crippen LogP contribution < -0.4 is 9.92 Å². The minimum Gasteiger partial charge on any atom is -0.466 e. The van der Waals surface area contributed by atoms with Gasteiger partial charge >= 0.3 is 16.1 Å². The fourth-order valence-corrected chi connectivity index (χ4v) is 4.54. The molecule has 174 valence electrons. The first-order chi connectivity index (χ1) is 15.8. The Morgan fingerprint density at radius 2 is 1.67 bits per heavy atom. The molecule has 0 amide bonds. The van der Waals surface area contributed by atoms with Crippen LogP contribution in [0.5, 0.6) is 5.75 Å².